The minimum atomic E-state index is 0.580. The molecule has 3 nitrogen and oxygen atoms in total. The van der Waals surface area contributed by atoms with Gasteiger partial charge >= 0.3 is 0 Å². The highest BCUT2D eigenvalue weighted by Crippen LogP contribution is 2.44. The first kappa shape index (κ1) is 13.6. The summed E-state index contributed by atoms with van der Waals surface area (Å²) in [5.41, 5.74) is 0. The Kier molecular flexibility index (Phi) is 4.25. The molecule has 2 aliphatic carbocycles. The second kappa shape index (κ2) is 5.94. The molecule has 1 saturated carbocycles. The average Bonchev–Trinajstić information content (AvgIpc) is 3.02. The molecule has 5 unspecified atom stereocenters. The van der Waals surface area contributed by atoms with Crippen molar-refractivity contribution in [2.24, 2.45) is 17.8 Å². The van der Waals surface area contributed by atoms with Crippen LogP contribution in [-0.2, 0) is 4.74 Å². The number of hydrogen-bond donors (Lipinski definition) is 1. The van der Waals surface area contributed by atoms with Gasteiger partial charge in [0.25, 0.3) is 0 Å². The van der Waals surface area contributed by atoms with Crippen molar-refractivity contribution in [1.29, 1.82) is 0 Å². The Bertz CT molecular complexity index is 325. The van der Waals surface area contributed by atoms with Crippen LogP contribution in [-0.4, -0.2) is 49.8 Å². The minimum Gasteiger partial charge on any atom is -0.379 e. The molecule has 1 N–H and O–H groups in total. The molecule has 0 amide bonds. The number of nitrogens with zero attached hydrogens (tertiary/aromatic N) is 1. The summed E-state index contributed by atoms with van der Waals surface area (Å²) in [4.78, 5) is 2.52. The van der Waals surface area contributed by atoms with Crippen molar-refractivity contribution < 1.29 is 4.74 Å². The van der Waals surface area contributed by atoms with Gasteiger partial charge in [0.2, 0.25) is 0 Å². The molecule has 3 rings (SSSR count). The fourth-order valence-electron chi connectivity index (χ4n) is 4.19. The van der Waals surface area contributed by atoms with E-state index in [1.807, 2.05) is 0 Å². The van der Waals surface area contributed by atoms with Gasteiger partial charge in [-0.1, -0.05) is 12.2 Å². The predicted octanol–water partition coefficient (Wildman–Crippen LogP) is 1.90. The minimum absolute atomic E-state index is 0.580. The van der Waals surface area contributed by atoms with Crippen molar-refractivity contribution in [2.75, 3.05) is 32.8 Å². The molecule has 0 aromatic rings. The van der Waals surface area contributed by atoms with Crippen molar-refractivity contribution in [3.05, 3.63) is 12.2 Å². The molecule has 3 heteroatoms. The lowest BCUT2D eigenvalue weighted by molar-refractivity contribution is 0.0334. The van der Waals surface area contributed by atoms with Gasteiger partial charge in [0.1, 0.15) is 0 Å². The van der Waals surface area contributed by atoms with E-state index in [2.05, 4.69) is 36.2 Å². The maximum atomic E-state index is 5.41. The zero-order chi connectivity index (χ0) is 13.2. The Labute approximate surface area is 117 Å². The molecule has 108 valence electrons. The third kappa shape index (κ3) is 3.21. The molecule has 19 heavy (non-hydrogen) atoms. The number of rotatable bonds is 5. The van der Waals surface area contributed by atoms with E-state index in [-0.39, 0.29) is 0 Å². The van der Waals surface area contributed by atoms with E-state index in [1.54, 1.807) is 0 Å². The van der Waals surface area contributed by atoms with Crippen molar-refractivity contribution in [3.63, 3.8) is 0 Å². The molecule has 2 fully saturated rings. The van der Waals surface area contributed by atoms with Gasteiger partial charge in [0.15, 0.2) is 0 Å². The van der Waals surface area contributed by atoms with Crippen LogP contribution in [0, 0.1) is 17.8 Å². The molecule has 0 aromatic heterocycles. The SMILES string of the molecule is CC(CN1CCOCC1)NC(C)C1CC2C=CC1C2. The predicted molar refractivity (Wildman–Crippen MR) is 78.2 cm³/mol. The highest BCUT2D eigenvalue weighted by Gasteiger charge is 2.38. The second-order valence-electron chi connectivity index (χ2n) is 6.71. The lowest BCUT2D eigenvalue weighted by Crippen LogP contribution is -2.48. The molecular weight excluding hydrogens is 236 g/mol. The summed E-state index contributed by atoms with van der Waals surface area (Å²) >= 11 is 0. The number of nitrogens with one attached hydrogen (secondary N) is 1. The van der Waals surface area contributed by atoms with Gasteiger partial charge in [-0.3, -0.25) is 4.90 Å². The summed E-state index contributed by atoms with van der Waals surface area (Å²) in [6, 6.07) is 1.23. The maximum absolute atomic E-state index is 5.41. The van der Waals surface area contributed by atoms with Crippen molar-refractivity contribution in [2.45, 2.75) is 38.8 Å². The van der Waals surface area contributed by atoms with Gasteiger partial charge in [-0.25, -0.2) is 0 Å². The molecule has 0 aromatic carbocycles. The van der Waals surface area contributed by atoms with E-state index in [0.717, 1.165) is 50.6 Å². The van der Waals surface area contributed by atoms with Gasteiger partial charge in [0.05, 0.1) is 13.2 Å². The van der Waals surface area contributed by atoms with Crippen LogP contribution in [0.4, 0.5) is 0 Å². The first-order chi connectivity index (χ1) is 9.22. The number of allylic oxidation sites excluding steroid dienone is 2. The zero-order valence-electron chi connectivity index (χ0n) is 12.3. The zero-order valence-corrected chi connectivity index (χ0v) is 12.3. The van der Waals surface area contributed by atoms with Crippen LogP contribution in [0.2, 0.25) is 0 Å². The van der Waals surface area contributed by atoms with Gasteiger partial charge in [0, 0.05) is 31.7 Å². The Morgan fingerprint density at radius 1 is 1.21 bits per heavy atom. The summed E-state index contributed by atoms with van der Waals surface area (Å²) in [7, 11) is 0. The van der Waals surface area contributed by atoms with Gasteiger partial charge in [-0.05, 0) is 44.4 Å². The molecule has 1 heterocycles. The summed E-state index contributed by atoms with van der Waals surface area (Å²) in [6.45, 7) is 9.86. The van der Waals surface area contributed by atoms with E-state index in [0.29, 0.717) is 12.1 Å². The van der Waals surface area contributed by atoms with Crippen molar-refractivity contribution in [3.8, 4) is 0 Å². The Hall–Kier alpha value is -0.380. The van der Waals surface area contributed by atoms with Crippen LogP contribution in [0.15, 0.2) is 12.2 Å². The molecular formula is C16H28N2O. The molecule has 0 spiro atoms. The van der Waals surface area contributed by atoms with Gasteiger partial charge in [-0.15, -0.1) is 0 Å². The summed E-state index contributed by atoms with van der Waals surface area (Å²) in [5, 5.41) is 3.84. The lowest BCUT2D eigenvalue weighted by Gasteiger charge is -2.33. The molecule has 5 atom stereocenters. The van der Waals surface area contributed by atoms with E-state index >= 15 is 0 Å². The smallest absolute Gasteiger partial charge is 0.0594 e. The van der Waals surface area contributed by atoms with E-state index in [4.69, 9.17) is 4.74 Å². The first-order valence-corrected chi connectivity index (χ1v) is 7.97. The van der Waals surface area contributed by atoms with Gasteiger partial charge < -0.3 is 10.1 Å². The molecule has 0 radical (unpaired) electrons. The summed E-state index contributed by atoms with van der Waals surface area (Å²) in [5.74, 6) is 2.60. The van der Waals surface area contributed by atoms with E-state index < -0.39 is 0 Å². The number of morpholine rings is 1. The average molecular weight is 264 g/mol. The van der Waals surface area contributed by atoms with Crippen LogP contribution in [0.5, 0.6) is 0 Å². The highest BCUT2D eigenvalue weighted by molar-refractivity contribution is 5.11. The second-order valence-corrected chi connectivity index (χ2v) is 6.71. The fraction of sp³-hybridized carbons (Fsp3) is 0.875. The molecule has 1 saturated heterocycles. The number of fused-ring (bicyclic) bond motifs is 2. The van der Waals surface area contributed by atoms with Crippen LogP contribution in [0.25, 0.3) is 0 Å². The van der Waals surface area contributed by atoms with Crippen LogP contribution in [0.3, 0.4) is 0 Å². The monoisotopic (exact) mass is 264 g/mol. The van der Waals surface area contributed by atoms with E-state index in [1.165, 1.54) is 12.8 Å². The van der Waals surface area contributed by atoms with Crippen molar-refractivity contribution in [1.82, 2.24) is 10.2 Å². The maximum Gasteiger partial charge on any atom is 0.0594 e. The van der Waals surface area contributed by atoms with Crippen molar-refractivity contribution >= 4 is 0 Å². The Morgan fingerprint density at radius 2 is 2.00 bits per heavy atom. The topological polar surface area (TPSA) is 24.5 Å². The Balaban J connectivity index is 1.43. The third-order valence-electron chi connectivity index (χ3n) is 5.16. The van der Waals surface area contributed by atoms with E-state index in [9.17, 15) is 0 Å². The summed E-state index contributed by atoms with van der Waals surface area (Å²) in [6.07, 6.45) is 7.71. The Morgan fingerprint density at radius 3 is 2.63 bits per heavy atom. The largest absolute Gasteiger partial charge is 0.379 e. The normalized spacial score (nSPS) is 37.7. The molecule has 1 aliphatic heterocycles. The van der Waals surface area contributed by atoms with Crippen LogP contribution >= 0.6 is 0 Å². The summed E-state index contributed by atoms with van der Waals surface area (Å²) < 4.78 is 5.41. The highest BCUT2D eigenvalue weighted by atomic mass is 16.5. The fourth-order valence-corrected chi connectivity index (χ4v) is 4.19. The number of ether oxygens (including phenoxy) is 1. The van der Waals surface area contributed by atoms with Gasteiger partial charge in [-0.2, -0.15) is 0 Å². The van der Waals surface area contributed by atoms with Crippen LogP contribution in [0.1, 0.15) is 26.7 Å². The van der Waals surface area contributed by atoms with Crippen LogP contribution < -0.4 is 5.32 Å². The first-order valence-electron chi connectivity index (χ1n) is 7.97. The third-order valence-corrected chi connectivity index (χ3v) is 5.16. The standard InChI is InChI=1S/C16H28N2O/c1-12(11-18-5-7-19-8-6-18)17-13(2)16-10-14-3-4-15(16)9-14/h3-4,12-17H,5-11H2,1-2H3. The molecule has 2 bridgehead atoms. The molecule has 3 aliphatic rings. The lowest BCUT2D eigenvalue weighted by atomic mass is 9.87. The number of hydrogen-bond acceptors (Lipinski definition) is 3. The quantitative estimate of drug-likeness (QED) is 0.768.